The maximum Gasteiger partial charge on any atom is 0.129 e. The quantitative estimate of drug-likeness (QED) is 0.849. The molecule has 0 amide bonds. The normalized spacial score (nSPS) is 19.4. The predicted molar refractivity (Wildman–Crippen MR) is 65.0 cm³/mol. The van der Waals surface area contributed by atoms with Gasteiger partial charge in [-0.2, -0.15) is 0 Å². The topological polar surface area (TPSA) is 49.5 Å². The highest BCUT2D eigenvalue weighted by Gasteiger charge is 2.26. The summed E-state index contributed by atoms with van der Waals surface area (Å²) < 4.78 is 26.7. The molecule has 18 heavy (non-hydrogen) atoms. The molecule has 1 aliphatic rings. The van der Waals surface area contributed by atoms with Crippen molar-refractivity contribution in [2.24, 2.45) is 5.73 Å². The van der Waals surface area contributed by atoms with E-state index in [9.17, 15) is 13.9 Å². The fraction of sp³-hybridized carbons (Fsp3) is 0.538. The summed E-state index contributed by atoms with van der Waals surface area (Å²) in [5.41, 5.74) is 5.74. The summed E-state index contributed by atoms with van der Waals surface area (Å²) in [4.78, 5) is 1.97. The summed E-state index contributed by atoms with van der Waals surface area (Å²) in [7, 11) is 0. The van der Waals surface area contributed by atoms with Crippen molar-refractivity contribution in [3.63, 3.8) is 0 Å². The number of benzene rings is 1. The van der Waals surface area contributed by atoms with E-state index in [1.54, 1.807) is 6.92 Å². The molecule has 1 atom stereocenters. The van der Waals surface area contributed by atoms with Crippen LogP contribution in [0.15, 0.2) is 12.1 Å². The van der Waals surface area contributed by atoms with E-state index >= 15 is 0 Å². The Morgan fingerprint density at radius 2 is 2.17 bits per heavy atom. The van der Waals surface area contributed by atoms with E-state index in [4.69, 9.17) is 5.73 Å². The first kappa shape index (κ1) is 13.4. The summed E-state index contributed by atoms with van der Waals surface area (Å²) in [6.45, 7) is 3.31. The van der Waals surface area contributed by atoms with Crippen molar-refractivity contribution in [3.8, 4) is 0 Å². The average Bonchev–Trinajstić information content (AvgIpc) is 2.27. The van der Waals surface area contributed by atoms with Crippen molar-refractivity contribution in [2.75, 3.05) is 19.6 Å². The van der Waals surface area contributed by atoms with Crippen LogP contribution in [-0.2, 0) is 13.0 Å². The van der Waals surface area contributed by atoms with Crippen molar-refractivity contribution in [1.82, 2.24) is 4.90 Å². The van der Waals surface area contributed by atoms with E-state index in [1.165, 1.54) is 6.07 Å². The Kier molecular flexibility index (Phi) is 3.66. The lowest BCUT2D eigenvalue weighted by atomic mass is 9.97. The molecule has 3 N–H and O–H groups in total. The van der Waals surface area contributed by atoms with Gasteiger partial charge in [-0.1, -0.05) is 0 Å². The van der Waals surface area contributed by atoms with Crippen LogP contribution >= 0.6 is 0 Å². The van der Waals surface area contributed by atoms with Gasteiger partial charge in [-0.05, 0) is 30.5 Å². The van der Waals surface area contributed by atoms with Gasteiger partial charge in [0.15, 0.2) is 0 Å². The van der Waals surface area contributed by atoms with Gasteiger partial charge < -0.3 is 10.8 Å². The Hall–Kier alpha value is -1.04. The fourth-order valence-electron chi connectivity index (χ4n) is 2.35. The summed E-state index contributed by atoms with van der Waals surface area (Å²) in [6, 6.07) is 2.28. The molecule has 5 heteroatoms. The van der Waals surface area contributed by atoms with Crippen molar-refractivity contribution in [3.05, 3.63) is 34.9 Å². The summed E-state index contributed by atoms with van der Waals surface area (Å²) in [6.07, 6.45) is 0.530. The Bertz CT molecular complexity index is 449. The zero-order chi connectivity index (χ0) is 13.3. The van der Waals surface area contributed by atoms with Crippen LogP contribution < -0.4 is 5.73 Å². The molecule has 3 nitrogen and oxygen atoms in total. The maximum atomic E-state index is 13.5. The van der Waals surface area contributed by atoms with E-state index in [1.807, 2.05) is 4.90 Å². The lowest BCUT2D eigenvalue weighted by Gasteiger charge is -2.34. The largest absolute Gasteiger partial charge is 0.388 e. The zero-order valence-electron chi connectivity index (χ0n) is 10.4. The number of aliphatic hydroxyl groups is 1. The highest BCUT2D eigenvalue weighted by atomic mass is 19.1. The van der Waals surface area contributed by atoms with E-state index in [0.29, 0.717) is 37.2 Å². The van der Waals surface area contributed by atoms with Crippen molar-refractivity contribution >= 4 is 0 Å². The smallest absolute Gasteiger partial charge is 0.129 e. The SMILES string of the molecule is CC(O)(CN)CN1CCc2c(F)cc(F)cc2C1. The van der Waals surface area contributed by atoms with E-state index in [2.05, 4.69) is 0 Å². The average molecular weight is 256 g/mol. The summed E-state index contributed by atoms with van der Waals surface area (Å²) in [5.74, 6) is -1.03. The Balaban J connectivity index is 2.15. The van der Waals surface area contributed by atoms with Gasteiger partial charge in [-0.25, -0.2) is 8.78 Å². The summed E-state index contributed by atoms with van der Waals surface area (Å²) in [5, 5.41) is 9.92. The van der Waals surface area contributed by atoms with Gasteiger partial charge in [0.05, 0.1) is 5.60 Å². The van der Waals surface area contributed by atoms with Crippen LogP contribution in [0.1, 0.15) is 18.1 Å². The van der Waals surface area contributed by atoms with Crippen molar-refractivity contribution < 1.29 is 13.9 Å². The molecular weight excluding hydrogens is 238 g/mol. The molecule has 1 aromatic carbocycles. The first-order chi connectivity index (χ1) is 8.41. The van der Waals surface area contributed by atoms with Crippen molar-refractivity contribution in [2.45, 2.75) is 25.5 Å². The lowest BCUT2D eigenvalue weighted by Crippen LogP contribution is -2.47. The first-order valence-corrected chi connectivity index (χ1v) is 6.03. The number of β-amino-alcohol motifs (C(OH)–C–C–N with tert-alkyl or cyclic N) is 1. The van der Waals surface area contributed by atoms with Crippen LogP contribution in [0.2, 0.25) is 0 Å². The predicted octanol–water partition coefficient (Wildman–Crippen LogP) is 1.03. The van der Waals surface area contributed by atoms with Crippen LogP contribution in [0.4, 0.5) is 8.78 Å². The number of hydrogen-bond acceptors (Lipinski definition) is 3. The summed E-state index contributed by atoms with van der Waals surface area (Å²) >= 11 is 0. The van der Waals surface area contributed by atoms with Gasteiger partial charge in [0, 0.05) is 32.2 Å². The second-order valence-corrected chi connectivity index (χ2v) is 5.19. The minimum atomic E-state index is -0.969. The number of hydrogen-bond donors (Lipinski definition) is 2. The van der Waals surface area contributed by atoms with E-state index < -0.39 is 17.2 Å². The number of nitrogens with zero attached hydrogens (tertiary/aromatic N) is 1. The van der Waals surface area contributed by atoms with Crippen LogP contribution in [0.25, 0.3) is 0 Å². The molecule has 0 bridgehead atoms. The van der Waals surface area contributed by atoms with Gasteiger partial charge in [0.2, 0.25) is 0 Å². The number of fused-ring (bicyclic) bond motifs is 1. The minimum absolute atomic E-state index is 0.161. The van der Waals surface area contributed by atoms with Crippen LogP contribution in [0, 0.1) is 11.6 Å². The van der Waals surface area contributed by atoms with Gasteiger partial charge in [-0.15, -0.1) is 0 Å². The number of halogens is 2. The molecular formula is C13H18F2N2O. The van der Waals surface area contributed by atoms with Crippen LogP contribution in [-0.4, -0.2) is 35.2 Å². The monoisotopic (exact) mass is 256 g/mol. The van der Waals surface area contributed by atoms with Crippen LogP contribution in [0.5, 0.6) is 0 Å². The van der Waals surface area contributed by atoms with Gasteiger partial charge in [0.1, 0.15) is 11.6 Å². The molecule has 1 aromatic rings. The highest BCUT2D eigenvalue weighted by Crippen LogP contribution is 2.24. The van der Waals surface area contributed by atoms with Crippen molar-refractivity contribution in [1.29, 1.82) is 0 Å². The Labute approximate surface area is 105 Å². The maximum absolute atomic E-state index is 13.5. The molecule has 100 valence electrons. The molecule has 0 aliphatic carbocycles. The van der Waals surface area contributed by atoms with Gasteiger partial charge in [-0.3, -0.25) is 4.90 Å². The second kappa shape index (κ2) is 4.91. The lowest BCUT2D eigenvalue weighted by molar-refractivity contribution is 0.0229. The molecule has 0 saturated heterocycles. The number of nitrogens with two attached hydrogens (primary N) is 1. The van der Waals surface area contributed by atoms with E-state index in [0.717, 1.165) is 6.07 Å². The molecule has 1 aliphatic heterocycles. The first-order valence-electron chi connectivity index (χ1n) is 6.03. The number of rotatable bonds is 3. The standard InChI is InChI=1S/C13H18F2N2O/c1-13(18,7-16)8-17-3-2-11-9(6-17)4-10(14)5-12(11)15/h4-5,18H,2-3,6-8,16H2,1H3. The molecule has 2 rings (SSSR count). The van der Waals surface area contributed by atoms with Gasteiger partial charge >= 0.3 is 0 Å². The second-order valence-electron chi connectivity index (χ2n) is 5.19. The molecule has 1 unspecified atom stereocenters. The molecule has 0 spiro atoms. The third-order valence-electron chi connectivity index (χ3n) is 3.33. The highest BCUT2D eigenvalue weighted by molar-refractivity contribution is 5.31. The molecule has 0 radical (unpaired) electrons. The van der Waals surface area contributed by atoms with E-state index in [-0.39, 0.29) is 6.54 Å². The minimum Gasteiger partial charge on any atom is -0.388 e. The zero-order valence-corrected chi connectivity index (χ0v) is 10.4. The Morgan fingerprint density at radius 1 is 1.44 bits per heavy atom. The molecule has 0 aromatic heterocycles. The third-order valence-corrected chi connectivity index (χ3v) is 3.33. The fourth-order valence-corrected chi connectivity index (χ4v) is 2.35. The Morgan fingerprint density at radius 3 is 2.83 bits per heavy atom. The molecule has 0 saturated carbocycles. The molecule has 1 heterocycles. The third kappa shape index (κ3) is 2.85. The van der Waals surface area contributed by atoms with Crippen LogP contribution in [0.3, 0.4) is 0 Å². The van der Waals surface area contributed by atoms with Gasteiger partial charge in [0.25, 0.3) is 0 Å². The molecule has 0 fully saturated rings.